The topological polar surface area (TPSA) is 69.4 Å². The second kappa shape index (κ2) is 5.86. The van der Waals surface area contributed by atoms with Crippen LogP contribution in [0.4, 0.5) is 5.69 Å². The molecule has 0 aliphatic carbocycles. The molecule has 0 fully saturated rings. The van der Waals surface area contributed by atoms with Gasteiger partial charge in [0.2, 0.25) is 0 Å². The molecular weight excluding hydrogens is 254 g/mol. The first-order chi connectivity index (χ1) is 8.38. The Kier molecular flexibility index (Phi) is 4.72. The van der Waals surface area contributed by atoms with Gasteiger partial charge in [-0.1, -0.05) is 12.1 Å². The van der Waals surface area contributed by atoms with Crippen molar-refractivity contribution in [2.45, 2.75) is 18.7 Å². The zero-order valence-corrected chi connectivity index (χ0v) is 11.3. The molecular formula is C12H15NO4S. The van der Waals surface area contributed by atoms with E-state index in [2.05, 4.69) is 0 Å². The van der Waals surface area contributed by atoms with Crippen LogP contribution in [-0.2, 0) is 9.53 Å². The highest BCUT2D eigenvalue weighted by atomic mass is 32.2. The lowest BCUT2D eigenvalue weighted by atomic mass is 9.97. The van der Waals surface area contributed by atoms with Crippen LogP contribution in [-0.4, -0.2) is 23.8 Å². The fraction of sp³-hybridized carbons (Fsp3) is 0.417. The number of para-hydroxylation sites is 1. The Morgan fingerprint density at radius 2 is 2.06 bits per heavy atom. The number of hydrogen-bond donors (Lipinski definition) is 0. The number of nitro benzene ring substituents is 1. The molecule has 0 aliphatic rings. The first-order valence-corrected chi connectivity index (χ1v) is 6.31. The molecule has 18 heavy (non-hydrogen) atoms. The summed E-state index contributed by atoms with van der Waals surface area (Å²) in [5.74, 6) is 0.0958. The van der Waals surface area contributed by atoms with Gasteiger partial charge < -0.3 is 4.74 Å². The van der Waals surface area contributed by atoms with Gasteiger partial charge in [0.15, 0.2) is 0 Å². The average Bonchev–Trinajstić information content (AvgIpc) is 2.35. The van der Waals surface area contributed by atoms with Crippen LogP contribution in [0.3, 0.4) is 0 Å². The number of methoxy groups -OCH3 is 1. The van der Waals surface area contributed by atoms with Crippen LogP contribution in [0.1, 0.15) is 13.8 Å². The molecule has 98 valence electrons. The van der Waals surface area contributed by atoms with Gasteiger partial charge in [-0.2, -0.15) is 0 Å². The maximum atomic E-state index is 11.5. The Hall–Kier alpha value is -1.56. The van der Waals surface area contributed by atoms with E-state index in [0.29, 0.717) is 10.6 Å². The molecule has 0 heterocycles. The van der Waals surface area contributed by atoms with Crippen molar-refractivity contribution < 1.29 is 14.5 Å². The molecule has 0 N–H and O–H groups in total. The number of carbonyl (C=O) groups excluding carboxylic acids is 1. The summed E-state index contributed by atoms with van der Waals surface area (Å²) in [6.07, 6.45) is 0. The molecule has 6 heteroatoms. The molecule has 5 nitrogen and oxygen atoms in total. The minimum atomic E-state index is -0.677. The van der Waals surface area contributed by atoms with Gasteiger partial charge in [0.1, 0.15) is 0 Å². The number of esters is 1. The van der Waals surface area contributed by atoms with E-state index in [1.165, 1.54) is 24.9 Å². The third-order valence-corrected chi connectivity index (χ3v) is 3.91. The lowest BCUT2D eigenvalue weighted by Gasteiger charge is -2.20. The van der Waals surface area contributed by atoms with Crippen LogP contribution in [0, 0.1) is 15.5 Å². The van der Waals surface area contributed by atoms with Crippen LogP contribution < -0.4 is 0 Å². The molecule has 1 aromatic carbocycles. The van der Waals surface area contributed by atoms with E-state index in [1.54, 1.807) is 32.0 Å². The predicted molar refractivity (Wildman–Crippen MR) is 69.6 cm³/mol. The molecule has 0 aliphatic heterocycles. The van der Waals surface area contributed by atoms with Crippen molar-refractivity contribution in [3.63, 3.8) is 0 Å². The quantitative estimate of drug-likeness (QED) is 0.356. The minimum Gasteiger partial charge on any atom is -0.469 e. The minimum absolute atomic E-state index is 0.0585. The maximum Gasteiger partial charge on any atom is 0.312 e. The molecule has 0 spiro atoms. The van der Waals surface area contributed by atoms with Gasteiger partial charge in [0.25, 0.3) is 5.69 Å². The molecule has 1 aromatic rings. The number of ether oxygens (including phenoxy) is 1. The molecule has 0 saturated heterocycles. The van der Waals surface area contributed by atoms with Gasteiger partial charge in [-0.3, -0.25) is 14.9 Å². The SMILES string of the molecule is COC(=O)C(C)(C)CSc1ccccc1[N+](=O)[O-]. The van der Waals surface area contributed by atoms with Crippen molar-refractivity contribution in [3.05, 3.63) is 34.4 Å². The van der Waals surface area contributed by atoms with Crippen LogP contribution in [0.2, 0.25) is 0 Å². The van der Waals surface area contributed by atoms with Gasteiger partial charge in [-0.25, -0.2) is 0 Å². The van der Waals surface area contributed by atoms with Crippen molar-refractivity contribution in [1.29, 1.82) is 0 Å². The summed E-state index contributed by atoms with van der Waals surface area (Å²) in [5.41, 5.74) is -0.619. The fourth-order valence-corrected chi connectivity index (χ4v) is 2.42. The second-order valence-electron chi connectivity index (χ2n) is 4.39. The van der Waals surface area contributed by atoms with Gasteiger partial charge in [0.05, 0.1) is 22.3 Å². The molecule has 0 unspecified atom stereocenters. The van der Waals surface area contributed by atoms with Crippen molar-refractivity contribution in [1.82, 2.24) is 0 Å². The fourth-order valence-electron chi connectivity index (χ4n) is 1.32. The van der Waals surface area contributed by atoms with Gasteiger partial charge in [-0.15, -0.1) is 11.8 Å². The highest BCUT2D eigenvalue weighted by molar-refractivity contribution is 7.99. The Bertz CT molecular complexity index is 459. The van der Waals surface area contributed by atoms with Crippen molar-refractivity contribution in [2.75, 3.05) is 12.9 Å². The van der Waals surface area contributed by atoms with E-state index >= 15 is 0 Å². The maximum absolute atomic E-state index is 11.5. The zero-order chi connectivity index (χ0) is 13.8. The lowest BCUT2D eigenvalue weighted by molar-refractivity contribution is -0.387. The summed E-state index contributed by atoms with van der Waals surface area (Å²) in [6, 6.07) is 6.48. The molecule has 0 amide bonds. The zero-order valence-electron chi connectivity index (χ0n) is 10.5. The Labute approximate surface area is 110 Å². The van der Waals surface area contributed by atoms with Crippen LogP contribution in [0.15, 0.2) is 29.2 Å². The smallest absolute Gasteiger partial charge is 0.312 e. The highest BCUT2D eigenvalue weighted by Gasteiger charge is 2.29. The lowest BCUT2D eigenvalue weighted by Crippen LogP contribution is -2.28. The van der Waals surface area contributed by atoms with Crippen molar-refractivity contribution in [2.24, 2.45) is 5.41 Å². The number of carbonyl (C=O) groups is 1. The predicted octanol–water partition coefficient (Wildman–Crippen LogP) is 2.89. The summed E-state index contributed by atoms with van der Waals surface area (Å²) in [5, 5.41) is 10.8. The van der Waals surface area contributed by atoms with Crippen LogP contribution >= 0.6 is 11.8 Å². The molecule has 0 aromatic heterocycles. The largest absolute Gasteiger partial charge is 0.469 e. The summed E-state index contributed by atoms with van der Waals surface area (Å²) in [6.45, 7) is 3.50. The summed E-state index contributed by atoms with van der Waals surface area (Å²) in [4.78, 5) is 22.5. The number of rotatable bonds is 5. The van der Waals surface area contributed by atoms with Gasteiger partial charge in [-0.05, 0) is 19.9 Å². The van der Waals surface area contributed by atoms with E-state index in [1.807, 2.05) is 0 Å². The van der Waals surface area contributed by atoms with E-state index in [0.717, 1.165) is 0 Å². The van der Waals surface area contributed by atoms with Crippen LogP contribution in [0.25, 0.3) is 0 Å². The van der Waals surface area contributed by atoms with Crippen molar-refractivity contribution in [3.8, 4) is 0 Å². The number of nitro groups is 1. The van der Waals surface area contributed by atoms with Gasteiger partial charge >= 0.3 is 5.97 Å². The molecule has 0 radical (unpaired) electrons. The monoisotopic (exact) mass is 269 g/mol. The Balaban J connectivity index is 2.81. The van der Waals surface area contributed by atoms with Crippen molar-refractivity contribution >= 4 is 23.4 Å². The van der Waals surface area contributed by atoms with E-state index in [4.69, 9.17) is 4.74 Å². The third-order valence-electron chi connectivity index (χ3n) is 2.39. The second-order valence-corrected chi connectivity index (χ2v) is 5.41. The van der Waals surface area contributed by atoms with E-state index in [-0.39, 0.29) is 11.7 Å². The van der Waals surface area contributed by atoms with E-state index < -0.39 is 10.3 Å². The summed E-state index contributed by atoms with van der Waals surface area (Å²) >= 11 is 1.28. The molecule has 0 saturated carbocycles. The molecule has 1 rings (SSSR count). The number of benzene rings is 1. The molecule has 0 bridgehead atoms. The number of thioether (sulfide) groups is 1. The highest BCUT2D eigenvalue weighted by Crippen LogP contribution is 2.33. The third kappa shape index (κ3) is 3.46. The number of nitrogens with zero attached hydrogens (tertiary/aromatic N) is 1. The van der Waals surface area contributed by atoms with E-state index in [9.17, 15) is 14.9 Å². The standard InChI is InChI=1S/C12H15NO4S/c1-12(2,11(14)17-3)8-18-10-7-5-4-6-9(10)13(15)16/h4-7H,8H2,1-3H3. The first-order valence-electron chi connectivity index (χ1n) is 5.33. The van der Waals surface area contributed by atoms with Crippen LogP contribution in [0.5, 0.6) is 0 Å². The Morgan fingerprint density at radius 1 is 1.44 bits per heavy atom. The Morgan fingerprint density at radius 3 is 2.61 bits per heavy atom. The number of hydrogen-bond acceptors (Lipinski definition) is 5. The molecule has 0 atom stereocenters. The summed E-state index contributed by atoms with van der Waals surface area (Å²) in [7, 11) is 1.33. The first kappa shape index (κ1) is 14.5. The average molecular weight is 269 g/mol. The summed E-state index contributed by atoms with van der Waals surface area (Å²) < 4.78 is 4.69. The normalized spacial score (nSPS) is 11.1. The van der Waals surface area contributed by atoms with Gasteiger partial charge in [0, 0.05) is 11.8 Å².